The number of hydrogen-bond acceptors (Lipinski definition) is 7. The van der Waals surface area contributed by atoms with Crippen molar-refractivity contribution in [3.05, 3.63) is 48.0 Å². The van der Waals surface area contributed by atoms with Crippen LogP contribution < -0.4 is 10.0 Å². The number of anilines is 2. The summed E-state index contributed by atoms with van der Waals surface area (Å²) in [6.45, 7) is -0.351. The number of nitrogens with one attached hydrogen (secondary N) is 2. The van der Waals surface area contributed by atoms with Crippen LogP contribution in [-0.4, -0.2) is 42.6 Å². The molecular formula is C20H18N4O5S2. The zero-order valence-corrected chi connectivity index (χ0v) is 17.7. The summed E-state index contributed by atoms with van der Waals surface area (Å²) in [5, 5.41) is 4.52. The van der Waals surface area contributed by atoms with Crippen LogP contribution >= 0.6 is 11.3 Å². The normalized spacial score (nSPS) is 26.4. The van der Waals surface area contributed by atoms with Crippen molar-refractivity contribution in [1.29, 1.82) is 0 Å². The molecule has 9 nitrogen and oxygen atoms in total. The van der Waals surface area contributed by atoms with E-state index in [1.54, 1.807) is 5.38 Å². The van der Waals surface area contributed by atoms with E-state index < -0.39 is 15.9 Å². The lowest BCUT2D eigenvalue weighted by Gasteiger charge is -2.17. The third kappa shape index (κ3) is 3.43. The van der Waals surface area contributed by atoms with Crippen LogP contribution in [0.4, 0.5) is 10.8 Å². The predicted octanol–water partition coefficient (Wildman–Crippen LogP) is 1.69. The van der Waals surface area contributed by atoms with Crippen LogP contribution in [0.2, 0.25) is 0 Å². The molecular weight excluding hydrogens is 440 g/mol. The second-order valence-electron chi connectivity index (χ2n) is 7.78. The molecule has 2 N–H and O–H groups in total. The first-order chi connectivity index (χ1) is 14.8. The van der Waals surface area contributed by atoms with Crippen molar-refractivity contribution in [3.63, 3.8) is 0 Å². The number of sulfonamides is 1. The Labute approximate surface area is 182 Å². The van der Waals surface area contributed by atoms with Crippen molar-refractivity contribution >= 4 is 49.9 Å². The summed E-state index contributed by atoms with van der Waals surface area (Å²) in [5.41, 5.74) is 0.360. The van der Waals surface area contributed by atoms with Crippen LogP contribution in [0.25, 0.3) is 0 Å². The van der Waals surface area contributed by atoms with Crippen molar-refractivity contribution in [2.45, 2.75) is 11.3 Å². The van der Waals surface area contributed by atoms with Gasteiger partial charge < -0.3 is 5.32 Å². The lowest BCUT2D eigenvalue weighted by atomic mass is 9.85. The van der Waals surface area contributed by atoms with E-state index in [2.05, 4.69) is 15.0 Å². The highest BCUT2D eigenvalue weighted by Gasteiger charge is 2.59. The van der Waals surface area contributed by atoms with E-state index >= 15 is 0 Å². The number of nitrogens with zero attached hydrogens (tertiary/aromatic N) is 2. The maximum absolute atomic E-state index is 12.7. The molecule has 3 amide bonds. The highest BCUT2D eigenvalue weighted by atomic mass is 32.2. The molecule has 2 fully saturated rings. The molecule has 2 bridgehead atoms. The summed E-state index contributed by atoms with van der Waals surface area (Å²) >= 11 is 1.16. The lowest BCUT2D eigenvalue weighted by molar-refractivity contribution is -0.143. The third-order valence-corrected chi connectivity index (χ3v) is 8.14. The number of thiazole rings is 1. The standard InChI is InChI=1S/C20H18N4O5S2/c25-15(10-24-18(26)16-11-1-2-12(9-11)17(16)19(24)27)22-13-3-5-14(6-4-13)31(28,29)23-20-21-7-8-30-20/h1-8,11-12,16-17H,9-10H2,(H,21,23)(H,22,25)/t11-,12-,16-,17+/m0/s1. The van der Waals surface area contributed by atoms with Crippen molar-refractivity contribution in [1.82, 2.24) is 9.88 Å². The van der Waals surface area contributed by atoms with Gasteiger partial charge in [0.25, 0.3) is 10.0 Å². The van der Waals surface area contributed by atoms with Gasteiger partial charge >= 0.3 is 0 Å². The minimum Gasteiger partial charge on any atom is -0.325 e. The highest BCUT2D eigenvalue weighted by Crippen LogP contribution is 2.52. The molecule has 1 aromatic carbocycles. The Morgan fingerprint density at radius 1 is 1.10 bits per heavy atom. The number of carbonyl (C=O) groups is 3. The van der Waals surface area contributed by atoms with Gasteiger partial charge in [-0.05, 0) is 42.5 Å². The van der Waals surface area contributed by atoms with Gasteiger partial charge in [-0.2, -0.15) is 0 Å². The topological polar surface area (TPSA) is 126 Å². The predicted molar refractivity (Wildman–Crippen MR) is 112 cm³/mol. The number of allylic oxidation sites excluding steroid dienone is 2. The molecule has 2 aromatic rings. The Bertz CT molecular complexity index is 1160. The monoisotopic (exact) mass is 458 g/mol. The van der Waals surface area contributed by atoms with Crippen LogP contribution in [0, 0.1) is 23.7 Å². The lowest BCUT2D eigenvalue weighted by Crippen LogP contribution is -2.39. The summed E-state index contributed by atoms with van der Waals surface area (Å²) in [6, 6.07) is 5.60. The molecule has 11 heteroatoms. The van der Waals surface area contributed by atoms with E-state index in [-0.39, 0.29) is 52.1 Å². The van der Waals surface area contributed by atoms with Crippen molar-refractivity contribution in [2.75, 3.05) is 16.6 Å². The maximum atomic E-state index is 12.7. The minimum absolute atomic E-state index is 0.0152. The second kappa shape index (κ2) is 7.27. The van der Waals surface area contributed by atoms with E-state index in [0.29, 0.717) is 5.69 Å². The minimum atomic E-state index is -3.79. The van der Waals surface area contributed by atoms with Crippen molar-refractivity contribution in [2.24, 2.45) is 23.7 Å². The Morgan fingerprint density at radius 2 is 1.74 bits per heavy atom. The largest absolute Gasteiger partial charge is 0.325 e. The van der Waals surface area contributed by atoms with Gasteiger partial charge in [0.1, 0.15) is 6.54 Å². The van der Waals surface area contributed by atoms with Gasteiger partial charge in [0.15, 0.2) is 5.13 Å². The van der Waals surface area contributed by atoms with Gasteiger partial charge in [0, 0.05) is 17.3 Å². The van der Waals surface area contributed by atoms with Gasteiger partial charge in [0.2, 0.25) is 17.7 Å². The molecule has 4 atom stereocenters. The molecule has 0 unspecified atom stereocenters. The van der Waals surface area contributed by atoms with E-state index in [4.69, 9.17) is 0 Å². The molecule has 31 heavy (non-hydrogen) atoms. The molecule has 160 valence electrons. The number of aromatic nitrogens is 1. The Morgan fingerprint density at radius 3 is 2.32 bits per heavy atom. The van der Waals surface area contributed by atoms with Gasteiger partial charge in [-0.1, -0.05) is 12.2 Å². The molecule has 0 radical (unpaired) electrons. The van der Waals surface area contributed by atoms with Crippen LogP contribution in [0.1, 0.15) is 6.42 Å². The number of hydrogen-bond donors (Lipinski definition) is 2. The van der Waals surface area contributed by atoms with Gasteiger partial charge in [-0.3, -0.25) is 24.0 Å². The van der Waals surface area contributed by atoms with Gasteiger partial charge in [-0.25, -0.2) is 13.4 Å². The Hall–Kier alpha value is -3.05. The number of fused-ring (bicyclic) bond motifs is 5. The van der Waals surface area contributed by atoms with Crippen LogP contribution in [0.3, 0.4) is 0 Å². The summed E-state index contributed by atoms with van der Waals surface area (Å²) in [6.07, 6.45) is 6.32. The van der Waals surface area contributed by atoms with E-state index in [1.807, 2.05) is 12.2 Å². The average Bonchev–Trinajstić information content (AvgIpc) is 3.51. The number of likely N-dealkylation sites (tertiary alicyclic amines) is 1. The number of carbonyl (C=O) groups excluding carboxylic acids is 3. The fourth-order valence-corrected chi connectivity index (χ4v) is 6.42. The number of rotatable bonds is 6. The van der Waals surface area contributed by atoms with Gasteiger partial charge in [-0.15, -0.1) is 11.3 Å². The average molecular weight is 459 g/mol. The van der Waals surface area contributed by atoms with Crippen molar-refractivity contribution in [3.8, 4) is 0 Å². The summed E-state index contributed by atoms with van der Waals surface area (Å²) in [4.78, 5) is 42.7. The zero-order chi connectivity index (χ0) is 21.8. The quantitative estimate of drug-likeness (QED) is 0.501. The molecule has 1 aliphatic heterocycles. The number of benzene rings is 1. The van der Waals surface area contributed by atoms with Crippen LogP contribution in [0.5, 0.6) is 0 Å². The molecule has 5 rings (SSSR count). The van der Waals surface area contributed by atoms with E-state index in [1.165, 1.54) is 30.5 Å². The Balaban J connectivity index is 1.22. The third-order valence-electron chi connectivity index (χ3n) is 5.97. The molecule has 0 spiro atoms. The molecule has 2 aliphatic carbocycles. The first-order valence-corrected chi connectivity index (χ1v) is 12.1. The molecule has 1 saturated carbocycles. The summed E-state index contributed by atoms with van der Waals surface area (Å²) < 4.78 is 27.1. The molecule has 1 saturated heterocycles. The SMILES string of the molecule is O=C(CN1C(=O)[C@@H]2[C@H](C1=O)[C@H]1C=C[C@H]2C1)Nc1ccc(S(=O)(=O)Nc2nccs2)cc1. The molecule has 3 aliphatic rings. The fourth-order valence-electron chi connectivity index (χ4n) is 4.63. The second-order valence-corrected chi connectivity index (χ2v) is 10.4. The number of amides is 3. The number of imide groups is 1. The fraction of sp³-hybridized carbons (Fsp3) is 0.300. The Kier molecular flexibility index (Phi) is 4.67. The van der Waals surface area contributed by atoms with Crippen molar-refractivity contribution < 1.29 is 22.8 Å². The van der Waals surface area contributed by atoms with E-state index in [9.17, 15) is 22.8 Å². The zero-order valence-electron chi connectivity index (χ0n) is 16.1. The smallest absolute Gasteiger partial charge is 0.263 e. The van der Waals surface area contributed by atoms with Gasteiger partial charge in [0.05, 0.1) is 16.7 Å². The summed E-state index contributed by atoms with van der Waals surface area (Å²) in [5.74, 6) is -1.58. The molecule has 2 heterocycles. The highest BCUT2D eigenvalue weighted by molar-refractivity contribution is 7.93. The summed E-state index contributed by atoms with van der Waals surface area (Å²) in [7, 11) is -3.79. The first kappa shape index (κ1) is 19.9. The maximum Gasteiger partial charge on any atom is 0.263 e. The van der Waals surface area contributed by atoms with E-state index in [0.717, 1.165) is 22.7 Å². The first-order valence-electron chi connectivity index (χ1n) is 9.69. The molecule has 1 aromatic heterocycles. The van der Waals surface area contributed by atoms with Crippen LogP contribution in [0.15, 0.2) is 52.9 Å². The van der Waals surface area contributed by atoms with Crippen LogP contribution in [-0.2, 0) is 24.4 Å².